The summed E-state index contributed by atoms with van der Waals surface area (Å²) in [6.07, 6.45) is 7.79. The fourth-order valence-corrected chi connectivity index (χ4v) is 0.866. The summed E-state index contributed by atoms with van der Waals surface area (Å²) in [4.78, 5) is 0. The van der Waals surface area contributed by atoms with Crippen LogP contribution in [0, 0.1) is 6.54 Å². The molecule has 0 aliphatic rings. The quantitative estimate of drug-likeness (QED) is 0.418. The molecule has 0 rings (SSSR count). The minimum Gasteiger partial charge on any atom is -0.483 e. The van der Waals surface area contributed by atoms with E-state index >= 15 is 0 Å². The Morgan fingerprint density at radius 1 is 1.10 bits per heavy atom. The van der Waals surface area contributed by atoms with E-state index in [1.165, 1.54) is 32.1 Å². The van der Waals surface area contributed by atoms with Crippen LogP contribution in [0.4, 0.5) is 0 Å². The predicted octanol–water partition coefficient (Wildman–Crippen LogP) is 2.46. The third-order valence-corrected chi connectivity index (χ3v) is 1.47. The molecule has 0 radical (unpaired) electrons. The van der Waals surface area contributed by atoms with Gasteiger partial charge in [-0.05, 0) is 0 Å². The van der Waals surface area contributed by atoms with Gasteiger partial charge < -0.3 is 5.73 Å². The van der Waals surface area contributed by atoms with Gasteiger partial charge in [0.2, 0.25) is 0 Å². The Balaban J connectivity index is 0. The minimum atomic E-state index is 0. The van der Waals surface area contributed by atoms with Crippen LogP contribution in [0.1, 0.15) is 45.4 Å². The van der Waals surface area contributed by atoms with Gasteiger partial charge in [0.15, 0.2) is 0 Å². The summed E-state index contributed by atoms with van der Waals surface area (Å²) in [7, 11) is 0. The first kappa shape index (κ1) is 13.3. The molecule has 0 bridgehead atoms. The van der Waals surface area contributed by atoms with Crippen LogP contribution in [0.25, 0.3) is 0 Å². The number of rotatable bonds is 6. The average Bonchev–Trinajstić information content (AvgIpc) is 1.89. The van der Waals surface area contributed by atoms with Gasteiger partial charge in [-0.2, -0.15) is 6.42 Å². The zero-order chi connectivity index (χ0) is 6.95. The normalized spacial score (nSPS) is 9.00. The van der Waals surface area contributed by atoms with Crippen LogP contribution in [0.2, 0.25) is 0 Å². The van der Waals surface area contributed by atoms with Gasteiger partial charge in [-0.1, -0.05) is 39.0 Å². The van der Waals surface area contributed by atoms with Crippen LogP contribution in [0.15, 0.2) is 0 Å². The summed E-state index contributed by atoms with van der Waals surface area (Å²) in [5.41, 5.74) is 5.22. The van der Waals surface area contributed by atoms with E-state index in [0.717, 1.165) is 6.42 Å². The number of hydrogen-bond donors (Lipinski definition) is 1. The van der Waals surface area contributed by atoms with Gasteiger partial charge in [-0.3, -0.25) is 6.54 Å². The van der Waals surface area contributed by atoms with Crippen molar-refractivity contribution in [1.29, 1.82) is 0 Å². The van der Waals surface area contributed by atoms with Gasteiger partial charge in [-0.15, -0.1) is 0 Å². The first-order chi connectivity index (χ1) is 4.41. The molecule has 0 spiro atoms. The Morgan fingerprint density at radius 2 is 1.70 bits per heavy atom. The summed E-state index contributed by atoms with van der Waals surface area (Å²) in [5, 5.41) is 0. The maximum Gasteiger partial charge on any atom is 0 e. The van der Waals surface area contributed by atoms with E-state index < -0.39 is 0 Å². The maximum atomic E-state index is 5.22. The summed E-state index contributed by atoms with van der Waals surface area (Å²) in [5.74, 6) is 0. The molecule has 0 amide bonds. The Kier molecular flexibility index (Phi) is 16.3. The second-order valence-electron chi connectivity index (χ2n) is 2.44. The monoisotopic (exact) mass is 226 g/mol. The third kappa shape index (κ3) is 11.4. The Labute approximate surface area is 79.0 Å². The summed E-state index contributed by atoms with van der Waals surface area (Å²) < 4.78 is 0. The molecule has 62 valence electrons. The Morgan fingerprint density at radius 3 is 2.20 bits per heavy atom. The van der Waals surface area contributed by atoms with Crippen LogP contribution in [-0.4, -0.2) is 0 Å². The second kappa shape index (κ2) is 12.3. The third-order valence-electron chi connectivity index (χ3n) is 1.47. The van der Waals surface area contributed by atoms with Crippen LogP contribution in [0.3, 0.4) is 0 Å². The smallest absolute Gasteiger partial charge is 0 e. The van der Waals surface area contributed by atoms with Crippen LogP contribution >= 0.6 is 0 Å². The molecule has 2 heteroatoms. The Bertz CT molecular complexity index is 42.5. The SMILES string of the molecule is CCCCCCC[CH-]N.[Mo]. The molecule has 0 unspecified atom stereocenters. The minimum absolute atomic E-state index is 0. The first-order valence-corrected chi connectivity index (χ1v) is 3.95. The topological polar surface area (TPSA) is 26.0 Å². The fraction of sp³-hybridized carbons (Fsp3) is 0.875. The van der Waals surface area contributed by atoms with E-state index in [1.54, 1.807) is 6.54 Å². The molecule has 2 N–H and O–H groups in total. The molecule has 0 saturated carbocycles. The van der Waals surface area contributed by atoms with E-state index in [4.69, 9.17) is 5.73 Å². The van der Waals surface area contributed by atoms with Crippen LogP contribution < -0.4 is 5.73 Å². The van der Waals surface area contributed by atoms with E-state index in [0.29, 0.717) is 0 Å². The largest absolute Gasteiger partial charge is 0.483 e. The van der Waals surface area contributed by atoms with Gasteiger partial charge in [0.05, 0.1) is 0 Å². The molecule has 0 aromatic carbocycles. The van der Waals surface area contributed by atoms with Gasteiger partial charge in [0.1, 0.15) is 0 Å². The van der Waals surface area contributed by atoms with E-state index in [1.807, 2.05) is 0 Å². The molecule has 0 aliphatic heterocycles. The van der Waals surface area contributed by atoms with Gasteiger partial charge in [-0.25, -0.2) is 0 Å². The first-order valence-electron chi connectivity index (χ1n) is 3.95. The molecule has 1 nitrogen and oxygen atoms in total. The molecular weight excluding hydrogens is 206 g/mol. The molecule has 0 aliphatic carbocycles. The van der Waals surface area contributed by atoms with Crippen molar-refractivity contribution in [2.24, 2.45) is 5.73 Å². The van der Waals surface area contributed by atoms with Crippen molar-refractivity contribution in [1.82, 2.24) is 0 Å². The standard InChI is InChI=1S/C8H18N.Mo/c1-2-3-4-5-6-7-8-9;/h8H,2-7,9H2,1H3;/q-1;. The van der Waals surface area contributed by atoms with Crippen molar-refractivity contribution >= 4 is 0 Å². The molecule has 0 saturated heterocycles. The van der Waals surface area contributed by atoms with Crippen molar-refractivity contribution in [3.05, 3.63) is 6.54 Å². The van der Waals surface area contributed by atoms with Crippen molar-refractivity contribution in [2.75, 3.05) is 0 Å². The number of hydrogen-bond acceptors (Lipinski definition) is 1. The molecule has 0 aromatic rings. The molecule has 0 atom stereocenters. The molecule has 10 heavy (non-hydrogen) atoms. The average molecular weight is 224 g/mol. The van der Waals surface area contributed by atoms with E-state index in [-0.39, 0.29) is 21.1 Å². The summed E-state index contributed by atoms with van der Waals surface area (Å²) in [6.45, 7) is 3.99. The van der Waals surface area contributed by atoms with Gasteiger partial charge in [0, 0.05) is 21.1 Å². The molecule has 0 aromatic heterocycles. The van der Waals surface area contributed by atoms with Crippen LogP contribution in [-0.2, 0) is 21.1 Å². The predicted molar refractivity (Wildman–Crippen MR) is 41.9 cm³/mol. The van der Waals surface area contributed by atoms with Crippen molar-refractivity contribution in [2.45, 2.75) is 45.4 Å². The Hall–Kier alpha value is 0.648. The number of nitrogens with two attached hydrogens (primary N) is 1. The van der Waals surface area contributed by atoms with Crippen molar-refractivity contribution in [3.8, 4) is 0 Å². The van der Waals surface area contributed by atoms with Gasteiger partial charge in [0.25, 0.3) is 0 Å². The summed E-state index contributed by atoms with van der Waals surface area (Å²) in [6, 6.07) is 0. The summed E-state index contributed by atoms with van der Waals surface area (Å²) >= 11 is 0. The van der Waals surface area contributed by atoms with Crippen molar-refractivity contribution in [3.63, 3.8) is 0 Å². The molecule has 0 fully saturated rings. The molecular formula is C8H18MoN-. The zero-order valence-electron chi connectivity index (χ0n) is 6.81. The second-order valence-corrected chi connectivity index (χ2v) is 2.44. The fourth-order valence-electron chi connectivity index (χ4n) is 0.866. The molecule has 0 heterocycles. The number of unbranched alkanes of at least 4 members (excludes halogenated alkanes) is 5. The van der Waals surface area contributed by atoms with Crippen molar-refractivity contribution < 1.29 is 21.1 Å². The van der Waals surface area contributed by atoms with E-state index in [2.05, 4.69) is 6.92 Å². The zero-order valence-corrected chi connectivity index (χ0v) is 8.81. The van der Waals surface area contributed by atoms with E-state index in [9.17, 15) is 0 Å². The van der Waals surface area contributed by atoms with Crippen LogP contribution in [0.5, 0.6) is 0 Å². The maximum absolute atomic E-state index is 5.22. The van der Waals surface area contributed by atoms with Gasteiger partial charge >= 0.3 is 0 Å².